The minimum Gasteiger partial charge on any atom is -0.345 e. The van der Waals surface area contributed by atoms with E-state index in [2.05, 4.69) is 16.9 Å². The lowest BCUT2D eigenvalue weighted by Gasteiger charge is -2.35. The second-order valence-corrected chi connectivity index (χ2v) is 7.68. The number of hydrogen-bond donors (Lipinski definition) is 1. The molecule has 2 heterocycles. The van der Waals surface area contributed by atoms with E-state index in [0.717, 1.165) is 23.9 Å². The Kier molecular flexibility index (Phi) is 7.46. The third kappa shape index (κ3) is 5.33. The molecule has 0 radical (unpaired) electrons. The zero-order valence-corrected chi connectivity index (χ0v) is 17.0. The maximum atomic E-state index is 12.7. The number of amides is 2. The number of nitrogens with one attached hydrogen (secondary N) is 1. The molecule has 1 aromatic carbocycles. The quantitative estimate of drug-likeness (QED) is 0.665. The first-order valence-corrected chi connectivity index (χ1v) is 10.7. The van der Waals surface area contributed by atoms with E-state index in [9.17, 15) is 9.59 Å². The van der Waals surface area contributed by atoms with Crippen LogP contribution < -0.4 is 0 Å². The summed E-state index contributed by atoms with van der Waals surface area (Å²) in [5.41, 5.74) is 2.39. The van der Waals surface area contributed by atoms with Crippen LogP contribution >= 0.6 is 0 Å². The highest BCUT2D eigenvalue weighted by Crippen LogP contribution is 2.16. The molecule has 1 aliphatic heterocycles. The van der Waals surface area contributed by atoms with Crippen LogP contribution in [-0.4, -0.2) is 57.8 Å². The van der Waals surface area contributed by atoms with Crippen LogP contribution in [-0.2, 0) is 4.79 Å². The molecule has 0 atom stereocenters. The van der Waals surface area contributed by atoms with Crippen molar-refractivity contribution in [3.8, 4) is 0 Å². The predicted molar refractivity (Wildman–Crippen MR) is 111 cm³/mol. The molecule has 0 unspecified atom stereocenters. The molecule has 0 spiro atoms. The number of carbonyl (C=O) groups excluding carboxylic acids is 2. The van der Waals surface area contributed by atoms with Crippen LogP contribution in [0.1, 0.15) is 68.6 Å². The van der Waals surface area contributed by atoms with E-state index in [1.807, 2.05) is 28.0 Å². The van der Waals surface area contributed by atoms with Gasteiger partial charge in [-0.3, -0.25) is 9.59 Å². The summed E-state index contributed by atoms with van der Waals surface area (Å²) in [5, 5.41) is 0. The van der Waals surface area contributed by atoms with Crippen molar-refractivity contribution in [1.29, 1.82) is 0 Å². The summed E-state index contributed by atoms with van der Waals surface area (Å²) < 4.78 is 0. The molecule has 2 amide bonds. The van der Waals surface area contributed by atoms with Crippen molar-refractivity contribution in [3.63, 3.8) is 0 Å². The molecule has 0 aliphatic carbocycles. The molecule has 152 valence electrons. The fourth-order valence-electron chi connectivity index (χ4n) is 3.80. The van der Waals surface area contributed by atoms with Gasteiger partial charge in [0.15, 0.2) is 0 Å². The van der Waals surface area contributed by atoms with Crippen LogP contribution in [0.3, 0.4) is 0 Å². The Balaban J connectivity index is 1.38. The molecule has 1 aromatic heterocycles. The molecule has 1 N–H and O–H groups in total. The highest BCUT2D eigenvalue weighted by Gasteiger charge is 2.24. The van der Waals surface area contributed by atoms with Crippen molar-refractivity contribution in [1.82, 2.24) is 19.8 Å². The van der Waals surface area contributed by atoms with Gasteiger partial charge < -0.3 is 14.8 Å². The van der Waals surface area contributed by atoms with Crippen LogP contribution in [0.4, 0.5) is 0 Å². The monoisotopic (exact) mass is 384 g/mol. The van der Waals surface area contributed by atoms with E-state index in [1.54, 1.807) is 6.33 Å². The summed E-state index contributed by atoms with van der Waals surface area (Å²) in [5.74, 6) is 0.259. The summed E-state index contributed by atoms with van der Waals surface area (Å²) in [7, 11) is 0. The summed E-state index contributed by atoms with van der Waals surface area (Å²) in [6, 6.07) is 5.54. The van der Waals surface area contributed by atoms with Crippen LogP contribution in [0.25, 0.3) is 11.0 Å². The fraction of sp³-hybridized carbons (Fsp3) is 0.591. The van der Waals surface area contributed by atoms with Crippen molar-refractivity contribution < 1.29 is 9.59 Å². The van der Waals surface area contributed by atoms with Gasteiger partial charge in [0.25, 0.3) is 5.91 Å². The number of piperazine rings is 1. The predicted octanol–water partition coefficient (Wildman–Crippen LogP) is 3.99. The number of benzene rings is 1. The molecule has 0 bridgehead atoms. The Bertz CT molecular complexity index is 778. The lowest BCUT2D eigenvalue weighted by Crippen LogP contribution is -2.50. The van der Waals surface area contributed by atoms with Gasteiger partial charge in [0.1, 0.15) is 0 Å². The molecule has 3 rings (SSSR count). The van der Waals surface area contributed by atoms with Gasteiger partial charge >= 0.3 is 0 Å². The number of H-pyrrole nitrogens is 1. The average Bonchev–Trinajstić information content (AvgIpc) is 3.20. The fourth-order valence-corrected chi connectivity index (χ4v) is 3.80. The number of nitrogens with zero attached hydrogens (tertiary/aromatic N) is 3. The number of fused-ring (bicyclic) bond motifs is 1. The lowest BCUT2D eigenvalue weighted by atomic mass is 10.1. The third-order valence-corrected chi connectivity index (χ3v) is 5.58. The van der Waals surface area contributed by atoms with Crippen molar-refractivity contribution in [3.05, 3.63) is 30.1 Å². The number of aromatic amines is 1. The Hall–Kier alpha value is -2.37. The van der Waals surface area contributed by atoms with Crippen LogP contribution in [0.2, 0.25) is 0 Å². The first-order valence-electron chi connectivity index (χ1n) is 10.7. The van der Waals surface area contributed by atoms with Crippen LogP contribution in [0, 0.1) is 0 Å². The van der Waals surface area contributed by atoms with Crippen molar-refractivity contribution in [2.24, 2.45) is 0 Å². The lowest BCUT2D eigenvalue weighted by molar-refractivity contribution is -0.132. The zero-order chi connectivity index (χ0) is 19.8. The average molecular weight is 385 g/mol. The molecular formula is C22H32N4O2. The van der Waals surface area contributed by atoms with E-state index in [4.69, 9.17) is 0 Å². The maximum Gasteiger partial charge on any atom is 0.254 e. The van der Waals surface area contributed by atoms with Gasteiger partial charge in [-0.05, 0) is 24.6 Å². The standard InChI is InChI=1S/C22H32N4O2/c1-2-3-4-5-6-7-8-9-21(27)25-12-14-26(15-13-25)22(28)18-10-11-19-20(16-18)24-17-23-19/h10-11,16-17H,2-9,12-15H2,1H3,(H,23,24). The minimum atomic E-state index is 0.0238. The molecule has 1 saturated heterocycles. The van der Waals surface area contributed by atoms with E-state index >= 15 is 0 Å². The number of aromatic nitrogens is 2. The van der Waals surface area contributed by atoms with Gasteiger partial charge in [-0.25, -0.2) is 4.98 Å². The van der Waals surface area contributed by atoms with E-state index in [0.29, 0.717) is 38.2 Å². The van der Waals surface area contributed by atoms with Crippen LogP contribution in [0.5, 0.6) is 0 Å². The Morgan fingerprint density at radius 1 is 0.964 bits per heavy atom. The third-order valence-electron chi connectivity index (χ3n) is 5.58. The molecule has 1 fully saturated rings. The normalized spacial score (nSPS) is 14.6. The summed E-state index contributed by atoms with van der Waals surface area (Å²) in [6.45, 7) is 4.69. The van der Waals surface area contributed by atoms with Gasteiger partial charge in [-0.1, -0.05) is 45.4 Å². The van der Waals surface area contributed by atoms with Gasteiger partial charge in [0.05, 0.1) is 17.4 Å². The van der Waals surface area contributed by atoms with Crippen LogP contribution in [0.15, 0.2) is 24.5 Å². The van der Waals surface area contributed by atoms with Crippen molar-refractivity contribution in [2.75, 3.05) is 26.2 Å². The van der Waals surface area contributed by atoms with E-state index in [1.165, 1.54) is 32.1 Å². The molecule has 6 nitrogen and oxygen atoms in total. The van der Waals surface area contributed by atoms with E-state index < -0.39 is 0 Å². The number of carbonyl (C=O) groups is 2. The minimum absolute atomic E-state index is 0.0238. The topological polar surface area (TPSA) is 69.3 Å². The molecular weight excluding hydrogens is 352 g/mol. The Morgan fingerprint density at radius 2 is 1.64 bits per heavy atom. The second kappa shape index (κ2) is 10.2. The van der Waals surface area contributed by atoms with Crippen molar-refractivity contribution in [2.45, 2.75) is 58.3 Å². The number of unbranched alkanes of at least 4 members (excludes halogenated alkanes) is 6. The molecule has 2 aromatic rings. The number of hydrogen-bond acceptors (Lipinski definition) is 3. The molecule has 0 saturated carbocycles. The summed E-state index contributed by atoms with van der Waals surface area (Å²) >= 11 is 0. The first-order chi connectivity index (χ1) is 13.7. The highest BCUT2D eigenvalue weighted by atomic mass is 16.2. The smallest absolute Gasteiger partial charge is 0.254 e. The van der Waals surface area contributed by atoms with Crippen molar-refractivity contribution >= 4 is 22.8 Å². The summed E-state index contributed by atoms with van der Waals surface area (Å²) in [4.78, 5) is 36.1. The SMILES string of the molecule is CCCCCCCCCC(=O)N1CCN(C(=O)c2ccc3nc[nH]c3c2)CC1. The zero-order valence-electron chi connectivity index (χ0n) is 17.0. The van der Waals surface area contributed by atoms with Gasteiger partial charge in [0, 0.05) is 38.2 Å². The Morgan fingerprint density at radius 3 is 2.39 bits per heavy atom. The van der Waals surface area contributed by atoms with E-state index in [-0.39, 0.29) is 11.8 Å². The molecule has 6 heteroatoms. The highest BCUT2D eigenvalue weighted by molar-refractivity contribution is 5.97. The summed E-state index contributed by atoms with van der Waals surface area (Å²) in [6.07, 6.45) is 10.8. The second-order valence-electron chi connectivity index (χ2n) is 7.68. The number of rotatable bonds is 9. The first kappa shape index (κ1) is 20.4. The van der Waals surface area contributed by atoms with Gasteiger partial charge in [0.2, 0.25) is 5.91 Å². The molecule has 28 heavy (non-hydrogen) atoms. The largest absolute Gasteiger partial charge is 0.345 e. The number of imidazole rings is 1. The van der Waals surface area contributed by atoms with Gasteiger partial charge in [-0.2, -0.15) is 0 Å². The molecule has 1 aliphatic rings. The van der Waals surface area contributed by atoms with Gasteiger partial charge in [-0.15, -0.1) is 0 Å². The Labute approximate surface area is 167 Å². The maximum absolute atomic E-state index is 12.7.